The van der Waals surface area contributed by atoms with Crippen LogP contribution in [-0.4, -0.2) is 31.5 Å². The maximum Gasteiger partial charge on any atom is 0.222 e. The SMILES string of the molecule is CCC(CN)CC(=O)N(C)Cc1cccc(OC)c1. The van der Waals surface area contributed by atoms with Crippen molar-refractivity contribution in [1.29, 1.82) is 0 Å². The van der Waals surface area contributed by atoms with E-state index in [-0.39, 0.29) is 11.8 Å². The molecule has 0 heterocycles. The molecule has 1 atom stereocenters. The van der Waals surface area contributed by atoms with Crippen molar-refractivity contribution in [2.24, 2.45) is 11.7 Å². The number of carbonyl (C=O) groups excluding carboxylic acids is 1. The molecule has 0 bridgehead atoms. The molecular formula is C15H24N2O2. The van der Waals surface area contributed by atoms with Gasteiger partial charge in [0.1, 0.15) is 5.75 Å². The minimum atomic E-state index is 0.139. The van der Waals surface area contributed by atoms with Gasteiger partial charge in [-0.2, -0.15) is 0 Å². The van der Waals surface area contributed by atoms with Gasteiger partial charge in [0, 0.05) is 20.0 Å². The predicted molar refractivity (Wildman–Crippen MR) is 76.9 cm³/mol. The van der Waals surface area contributed by atoms with Crippen molar-refractivity contribution < 1.29 is 9.53 Å². The Morgan fingerprint density at radius 3 is 2.79 bits per heavy atom. The van der Waals surface area contributed by atoms with Gasteiger partial charge in [-0.05, 0) is 30.2 Å². The average Bonchev–Trinajstić information content (AvgIpc) is 2.44. The molecule has 2 N–H and O–H groups in total. The number of hydrogen-bond acceptors (Lipinski definition) is 3. The van der Waals surface area contributed by atoms with Crippen molar-refractivity contribution in [2.45, 2.75) is 26.3 Å². The molecule has 1 rings (SSSR count). The highest BCUT2D eigenvalue weighted by atomic mass is 16.5. The van der Waals surface area contributed by atoms with E-state index in [1.807, 2.05) is 31.3 Å². The Morgan fingerprint density at radius 2 is 2.21 bits per heavy atom. The normalized spacial score (nSPS) is 12.0. The number of rotatable bonds is 7. The first-order chi connectivity index (χ1) is 9.10. The smallest absolute Gasteiger partial charge is 0.222 e. The molecule has 1 amide bonds. The van der Waals surface area contributed by atoms with Crippen LogP contribution in [0.1, 0.15) is 25.3 Å². The zero-order chi connectivity index (χ0) is 14.3. The van der Waals surface area contributed by atoms with Gasteiger partial charge in [-0.25, -0.2) is 0 Å². The maximum absolute atomic E-state index is 12.1. The summed E-state index contributed by atoms with van der Waals surface area (Å²) in [5.41, 5.74) is 6.70. The van der Waals surface area contributed by atoms with E-state index in [0.29, 0.717) is 19.5 Å². The van der Waals surface area contributed by atoms with Crippen LogP contribution < -0.4 is 10.5 Å². The number of carbonyl (C=O) groups is 1. The van der Waals surface area contributed by atoms with Crippen LogP contribution in [0.4, 0.5) is 0 Å². The van der Waals surface area contributed by atoms with Crippen molar-refractivity contribution in [1.82, 2.24) is 4.90 Å². The van der Waals surface area contributed by atoms with E-state index in [0.717, 1.165) is 17.7 Å². The molecule has 4 heteroatoms. The summed E-state index contributed by atoms with van der Waals surface area (Å²) in [6.45, 7) is 3.22. The summed E-state index contributed by atoms with van der Waals surface area (Å²) >= 11 is 0. The number of benzene rings is 1. The lowest BCUT2D eigenvalue weighted by Crippen LogP contribution is -2.29. The standard InChI is InChI=1S/C15H24N2O2/c1-4-12(10-16)9-15(18)17(2)11-13-6-5-7-14(8-13)19-3/h5-8,12H,4,9-11,16H2,1-3H3. The van der Waals surface area contributed by atoms with E-state index in [9.17, 15) is 4.79 Å². The first-order valence-corrected chi connectivity index (χ1v) is 6.67. The van der Waals surface area contributed by atoms with E-state index in [4.69, 9.17) is 10.5 Å². The molecule has 1 unspecified atom stereocenters. The second-order valence-corrected chi connectivity index (χ2v) is 4.82. The minimum Gasteiger partial charge on any atom is -0.497 e. The molecule has 1 aromatic rings. The number of methoxy groups -OCH3 is 1. The molecule has 0 radical (unpaired) electrons. The predicted octanol–water partition coefficient (Wildman–Crippen LogP) is 2.03. The first-order valence-electron chi connectivity index (χ1n) is 6.67. The molecule has 0 spiro atoms. The second kappa shape index (κ2) is 7.79. The van der Waals surface area contributed by atoms with Crippen LogP contribution in [0.5, 0.6) is 5.75 Å². The fourth-order valence-corrected chi connectivity index (χ4v) is 1.93. The second-order valence-electron chi connectivity index (χ2n) is 4.82. The summed E-state index contributed by atoms with van der Waals surface area (Å²) in [6.07, 6.45) is 1.46. The minimum absolute atomic E-state index is 0.139. The fraction of sp³-hybridized carbons (Fsp3) is 0.533. The van der Waals surface area contributed by atoms with Crippen molar-refractivity contribution in [3.63, 3.8) is 0 Å². The first kappa shape index (κ1) is 15.5. The molecule has 4 nitrogen and oxygen atoms in total. The summed E-state index contributed by atoms with van der Waals surface area (Å²) in [5, 5.41) is 0. The maximum atomic E-state index is 12.1. The van der Waals surface area contributed by atoms with Gasteiger partial charge in [0.2, 0.25) is 5.91 Å². The molecule has 19 heavy (non-hydrogen) atoms. The third kappa shape index (κ3) is 4.91. The van der Waals surface area contributed by atoms with Crippen molar-refractivity contribution in [3.05, 3.63) is 29.8 Å². The van der Waals surface area contributed by atoms with E-state index in [1.165, 1.54) is 0 Å². The zero-order valence-corrected chi connectivity index (χ0v) is 12.1. The molecule has 0 saturated heterocycles. The molecule has 106 valence electrons. The van der Waals surface area contributed by atoms with Gasteiger partial charge >= 0.3 is 0 Å². The Labute approximate surface area is 115 Å². The number of hydrogen-bond donors (Lipinski definition) is 1. The van der Waals surface area contributed by atoms with Gasteiger partial charge in [-0.1, -0.05) is 25.5 Å². The van der Waals surface area contributed by atoms with Crippen LogP contribution in [0.25, 0.3) is 0 Å². The Morgan fingerprint density at radius 1 is 1.47 bits per heavy atom. The van der Waals surface area contributed by atoms with Gasteiger partial charge in [-0.3, -0.25) is 4.79 Å². The molecule has 0 saturated carbocycles. The lowest BCUT2D eigenvalue weighted by molar-refractivity contribution is -0.131. The number of nitrogens with zero attached hydrogens (tertiary/aromatic N) is 1. The fourth-order valence-electron chi connectivity index (χ4n) is 1.93. The third-order valence-corrected chi connectivity index (χ3v) is 3.35. The van der Waals surface area contributed by atoms with Gasteiger partial charge in [-0.15, -0.1) is 0 Å². The quantitative estimate of drug-likeness (QED) is 0.820. The van der Waals surface area contributed by atoms with Crippen molar-refractivity contribution in [2.75, 3.05) is 20.7 Å². The topological polar surface area (TPSA) is 55.6 Å². The summed E-state index contributed by atoms with van der Waals surface area (Å²) in [4.78, 5) is 13.8. The Bertz CT molecular complexity index is 403. The Balaban J connectivity index is 2.57. The van der Waals surface area contributed by atoms with E-state index in [1.54, 1.807) is 12.0 Å². The average molecular weight is 264 g/mol. The summed E-state index contributed by atoms with van der Waals surface area (Å²) in [7, 11) is 3.46. The van der Waals surface area contributed by atoms with Crippen molar-refractivity contribution >= 4 is 5.91 Å². The van der Waals surface area contributed by atoms with E-state index < -0.39 is 0 Å². The highest BCUT2D eigenvalue weighted by molar-refractivity contribution is 5.76. The largest absolute Gasteiger partial charge is 0.497 e. The number of amides is 1. The Kier molecular flexibility index (Phi) is 6.36. The molecule has 1 aromatic carbocycles. The summed E-state index contributed by atoms with van der Waals surface area (Å²) in [5.74, 6) is 1.23. The van der Waals surface area contributed by atoms with E-state index in [2.05, 4.69) is 6.92 Å². The molecule has 0 aliphatic rings. The molecular weight excluding hydrogens is 240 g/mol. The van der Waals surface area contributed by atoms with Crippen LogP contribution in [-0.2, 0) is 11.3 Å². The highest BCUT2D eigenvalue weighted by Crippen LogP contribution is 2.15. The van der Waals surface area contributed by atoms with Crippen LogP contribution in [0.3, 0.4) is 0 Å². The lowest BCUT2D eigenvalue weighted by atomic mass is 10.0. The van der Waals surface area contributed by atoms with Gasteiger partial charge in [0.25, 0.3) is 0 Å². The lowest BCUT2D eigenvalue weighted by Gasteiger charge is -2.20. The van der Waals surface area contributed by atoms with Crippen molar-refractivity contribution in [3.8, 4) is 5.75 Å². The van der Waals surface area contributed by atoms with Crippen LogP contribution in [0, 0.1) is 5.92 Å². The molecule has 0 aromatic heterocycles. The zero-order valence-electron chi connectivity index (χ0n) is 12.1. The summed E-state index contributed by atoms with van der Waals surface area (Å²) in [6, 6.07) is 7.77. The van der Waals surface area contributed by atoms with Gasteiger partial charge < -0.3 is 15.4 Å². The third-order valence-electron chi connectivity index (χ3n) is 3.35. The summed E-state index contributed by atoms with van der Waals surface area (Å²) < 4.78 is 5.18. The van der Waals surface area contributed by atoms with Crippen LogP contribution >= 0.6 is 0 Å². The molecule has 0 aliphatic carbocycles. The van der Waals surface area contributed by atoms with Gasteiger partial charge in [0.15, 0.2) is 0 Å². The highest BCUT2D eigenvalue weighted by Gasteiger charge is 2.14. The van der Waals surface area contributed by atoms with Crippen LogP contribution in [0.2, 0.25) is 0 Å². The Hall–Kier alpha value is -1.55. The number of ether oxygens (including phenoxy) is 1. The molecule has 0 fully saturated rings. The van der Waals surface area contributed by atoms with Crippen LogP contribution in [0.15, 0.2) is 24.3 Å². The van der Waals surface area contributed by atoms with E-state index >= 15 is 0 Å². The number of nitrogens with two attached hydrogens (primary N) is 1. The molecule has 0 aliphatic heterocycles. The monoisotopic (exact) mass is 264 g/mol. The van der Waals surface area contributed by atoms with Gasteiger partial charge in [0.05, 0.1) is 7.11 Å².